The summed E-state index contributed by atoms with van der Waals surface area (Å²) in [6, 6.07) is 16.1. The molecule has 236 valence electrons. The Kier molecular flexibility index (Phi) is 9.87. The average Bonchev–Trinajstić information content (AvgIpc) is 3.34. The number of nitrogens with one attached hydrogen (secondary N) is 1. The van der Waals surface area contributed by atoms with Gasteiger partial charge in [-0.25, -0.2) is 9.59 Å². The first-order valence-corrected chi connectivity index (χ1v) is 15.6. The van der Waals surface area contributed by atoms with Crippen molar-refractivity contribution in [3.63, 3.8) is 0 Å². The van der Waals surface area contributed by atoms with E-state index in [9.17, 15) is 14.4 Å². The van der Waals surface area contributed by atoms with Crippen LogP contribution in [0.25, 0.3) is 16.8 Å². The molecule has 1 fully saturated rings. The van der Waals surface area contributed by atoms with Gasteiger partial charge in [0.2, 0.25) is 0 Å². The molecule has 10 nitrogen and oxygen atoms in total. The highest BCUT2D eigenvalue weighted by molar-refractivity contribution is 8.05. The van der Waals surface area contributed by atoms with Crippen molar-refractivity contribution < 1.29 is 38.1 Å². The second kappa shape index (κ2) is 14.0. The molecule has 2 unspecified atom stereocenters. The normalized spacial score (nSPS) is 18.5. The van der Waals surface area contributed by atoms with Crippen LogP contribution in [0.1, 0.15) is 44.9 Å². The number of methoxy groups -OCH3 is 1. The summed E-state index contributed by atoms with van der Waals surface area (Å²) in [6.45, 7) is 7.87. The Bertz CT molecular complexity index is 1680. The largest absolute Gasteiger partial charge is 0.493 e. The molecule has 0 radical (unpaired) electrons. The van der Waals surface area contributed by atoms with E-state index in [-0.39, 0.29) is 25.7 Å². The number of fused-ring (bicyclic) bond motifs is 2. The Morgan fingerprint density at radius 1 is 0.911 bits per heavy atom. The molecule has 11 heteroatoms. The van der Waals surface area contributed by atoms with Crippen LogP contribution in [0.2, 0.25) is 0 Å². The van der Waals surface area contributed by atoms with E-state index in [1.165, 1.54) is 18.9 Å². The lowest BCUT2D eigenvalue weighted by atomic mass is 9.93. The van der Waals surface area contributed by atoms with Gasteiger partial charge in [-0.2, -0.15) is 0 Å². The summed E-state index contributed by atoms with van der Waals surface area (Å²) >= 11 is 1.38. The lowest BCUT2D eigenvalue weighted by molar-refractivity contribution is -0.145. The first-order chi connectivity index (χ1) is 21.8. The minimum Gasteiger partial charge on any atom is -0.493 e. The van der Waals surface area contributed by atoms with Crippen LogP contribution in [0, 0.1) is 0 Å². The van der Waals surface area contributed by atoms with Crippen LogP contribution in [0.5, 0.6) is 17.2 Å². The zero-order chi connectivity index (χ0) is 32.1. The van der Waals surface area contributed by atoms with Gasteiger partial charge < -0.3 is 29.0 Å². The highest BCUT2D eigenvalue weighted by Crippen LogP contribution is 2.48. The quantitative estimate of drug-likeness (QED) is 0.213. The summed E-state index contributed by atoms with van der Waals surface area (Å²) in [6.07, 6.45) is 1.88. The fourth-order valence-electron chi connectivity index (χ4n) is 5.47. The molecule has 2 heterocycles. The van der Waals surface area contributed by atoms with Crippen LogP contribution in [-0.4, -0.2) is 61.8 Å². The third-order valence-electron chi connectivity index (χ3n) is 7.39. The molecule has 0 bridgehead atoms. The van der Waals surface area contributed by atoms with Crippen LogP contribution in [0.4, 0.5) is 0 Å². The van der Waals surface area contributed by atoms with Gasteiger partial charge in [-0.1, -0.05) is 48.2 Å². The van der Waals surface area contributed by atoms with Gasteiger partial charge in [0, 0.05) is 11.1 Å². The lowest BCUT2D eigenvalue weighted by Crippen LogP contribution is -2.50. The second-order valence-electron chi connectivity index (χ2n) is 10.1. The molecule has 0 aromatic heterocycles. The number of amides is 1. The topological polar surface area (TPSA) is 113 Å². The van der Waals surface area contributed by atoms with Crippen LogP contribution in [0.3, 0.4) is 0 Å². The number of hydrogen-bond donors (Lipinski definition) is 1. The minimum absolute atomic E-state index is 0.175. The Balaban J connectivity index is 1.55. The van der Waals surface area contributed by atoms with E-state index < -0.39 is 23.5 Å². The van der Waals surface area contributed by atoms with Gasteiger partial charge >= 0.3 is 11.9 Å². The number of benzene rings is 3. The molecule has 3 aromatic carbocycles. The first-order valence-electron chi connectivity index (χ1n) is 14.8. The Morgan fingerprint density at radius 3 is 2.36 bits per heavy atom. The van der Waals surface area contributed by atoms with Crippen molar-refractivity contribution in [3.05, 3.63) is 81.9 Å². The van der Waals surface area contributed by atoms with Crippen molar-refractivity contribution in [3.8, 4) is 17.2 Å². The van der Waals surface area contributed by atoms with Gasteiger partial charge in [-0.15, -0.1) is 0 Å². The first kappa shape index (κ1) is 31.8. The summed E-state index contributed by atoms with van der Waals surface area (Å²) in [4.78, 5) is 41.6. The van der Waals surface area contributed by atoms with E-state index in [4.69, 9.17) is 23.7 Å². The van der Waals surface area contributed by atoms with Crippen LogP contribution in [-0.2, 0) is 23.9 Å². The molecule has 5 rings (SSSR count). The van der Waals surface area contributed by atoms with Crippen LogP contribution in [0.15, 0.2) is 70.8 Å². The number of thioether (sulfide) groups is 1. The van der Waals surface area contributed by atoms with E-state index in [1.807, 2.05) is 49.4 Å². The summed E-state index contributed by atoms with van der Waals surface area (Å²) in [7, 11) is 1.48. The van der Waals surface area contributed by atoms with Gasteiger partial charge in [0.1, 0.15) is 5.75 Å². The molecule has 0 aliphatic carbocycles. The number of nitrogens with zero attached hydrogens (tertiary/aromatic N) is 1. The maximum atomic E-state index is 14.2. The maximum Gasteiger partial charge on any atom is 0.344 e. The van der Waals surface area contributed by atoms with Gasteiger partial charge in [0.05, 0.1) is 43.5 Å². The van der Waals surface area contributed by atoms with E-state index in [0.717, 1.165) is 22.1 Å². The second-order valence-corrected chi connectivity index (χ2v) is 11.3. The zero-order valence-electron chi connectivity index (χ0n) is 25.9. The van der Waals surface area contributed by atoms with Crippen molar-refractivity contribution in [1.82, 2.24) is 10.2 Å². The van der Waals surface area contributed by atoms with E-state index in [1.54, 1.807) is 43.9 Å². The number of carbonyl (C=O) groups is 3. The van der Waals surface area contributed by atoms with Crippen LogP contribution < -0.4 is 19.5 Å². The molecule has 1 saturated heterocycles. The molecule has 2 atom stereocenters. The number of rotatable bonds is 11. The molecule has 0 saturated carbocycles. The molecule has 1 amide bonds. The van der Waals surface area contributed by atoms with Crippen molar-refractivity contribution >= 4 is 46.5 Å². The van der Waals surface area contributed by atoms with Crippen molar-refractivity contribution in [2.45, 2.75) is 39.2 Å². The van der Waals surface area contributed by atoms with Crippen molar-refractivity contribution in [1.29, 1.82) is 0 Å². The number of allylic oxidation sites excluding steroid dienone is 1. The number of carbonyl (C=O) groups excluding carboxylic acids is 3. The molecular formula is C34H36N2O8S. The van der Waals surface area contributed by atoms with Crippen LogP contribution >= 0.6 is 11.8 Å². The standard InChI is InChI=1S/C34H36N2O8S/c1-6-41-25-15-13-21(23-11-9-10-12-24(23)25)18-28-32(38)36-31(30(33(39)43-8-3)20(4)35-34(36)45-28)22-14-16-26(27(17-22)40-5)44-19-29(37)42-7-2/h9-18,31,34-35H,6-8,19H2,1-5H3. The molecule has 1 N–H and O–H groups in total. The van der Waals surface area contributed by atoms with E-state index >= 15 is 0 Å². The summed E-state index contributed by atoms with van der Waals surface area (Å²) in [5, 5.41) is 5.26. The number of esters is 2. The summed E-state index contributed by atoms with van der Waals surface area (Å²) in [5.41, 5.74) is 1.94. The predicted octanol–water partition coefficient (Wildman–Crippen LogP) is 5.57. The molecule has 2 aliphatic heterocycles. The molecular weight excluding hydrogens is 596 g/mol. The number of ether oxygens (including phenoxy) is 5. The van der Waals surface area contributed by atoms with Crippen molar-refractivity contribution in [2.24, 2.45) is 0 Å². The van der Waals surface area contributed by atoms with Gasteiger partial charge in [0.25, 0.3) is 5.91 Å². The van der Waals surface area contributed by atoms with Gasteiger partial charge in [-0.05, 0) is 68.5 Å². The highest BCUT2D eigenvalue weighted by atomic mass is 32.2. The fourth-order valence-corrected chi connectivity index (χ4v) is 6.68. The maximum absolute atomic E-state index is 14.2. The Morgan fingerprint density at radius 2 is 1.64 bits per heavy atom. The average molecular weight is 633 g/mol. The lowest BCUT2D eigenvalue weighted by Gasteiger charge is -2.39. The van der Waals surface area contributed by atoms with Gasteiger partial charge in [0.15, 0.2) is 23.6 Å². The zero-order valence-corrected chi connectivity index (χ0v) is 26.7. The van der Waals surface area contributed by atoms with Gasteiger partial charge in [-0.3, -0.25) is 9.69 Å². The molecule has 3 aromatic rings. The van der Waals surface area contributed by atoms with Crippen molar-refractivity contribution in [2.75, 3.05) is 33.5 Å². The third-order valence-corrected chi connectivity index (χ3v) is 8.50. The smallest absolute Gasteiger partial charge is 0.344 e. The third kappa shape index (κ3) is 6.44. The fraction of sp³-hybridized carbons (Fsp3) is 0.324. The predicted molar refractivity (Wildman–Crippen MR) is 172 cm³/mol. The minimum atomic E-state index is -0.786. The molecule has 0 spiro atoms. The molecule has 45 heavy (non-hydrogen) atoms. The Hall–Kier alpha value is -4.64. The highest BCUT2D eigenvalue weighted by Gasteiger charge is 2.48. The monoisotopic (exact) mass is 632 g/mol. The summed E-state index contributed by atoms with van der Waals surface area (Å²) < 4.78 is 27.5. The SMILES string of the molecule is CCOC(=O)COc1ccc(C2C(C(=O)OCC)=C(C)NC3SC(=Cc4ccc(OCC)c5ccccc45)C(=O)N32)cc1OC. The van der Waals surface area contributed by atoms with E-state index in [2.05, 4.69) is 5.32 Å². The number of hydrogen-bond acceptors (Lipinski definition) is 10. The van der Waals surface area contributed by atoms with E-state index in [0.29, 0.717) is 39.8 Å². The Labute approximate surface area is 266 Å². The summed E-state index contributed by atoms with van der Waals surface area (Å²) in [5.74, 6) is 0.165. The molecule has 2 aliphatic rings.